The Morgan fingerprint density at radius 2 is 2.24 bits per heavy atom. The highest BCUT2D eigenvalue weighted by Crippen LogP contribution is 2.19. The highest BCUT2D eigenvalue weighted by atomic mass is 79.9. The predicted molar refractivity (Wildman–Crippen MR) is 77.6 cm³/mol. The smallest absolute Gasteiger partial charge is 0.387 e. The second-order valence-corrected chi connectivity index (χ2v) is 4.97. The molecule has 8 heteroatoms. The van der Waals surface area contributed by atoms with Crippen molar-refractivity contribution in [2.45, 2.75) is 13.2 Å². The zero-order valence-corrected chi connectivity index (χ0v) is 12.6. The molecule has 21 heavy (non-hydrogen) atoms. The Balaban J connectivity index is 2.10. The van der Waals surface area contributed by atoms with Gasteiger partial charge in [-0.25, -0.2) is 4.68 Å². The van der Waals surface area contributed by atoms with Crippen molar-refractivity contribution in [1.29, 1.82) is 0 Å². The molecule has 0 bridgehead atoms. The number of aryl methyl sites for hydroxylation is 1. The topological polar surface area (TPSA) is 56.1 Å². The van der Waals surface area contributed by atoms with Gasteiger partial charge in [-0.05, 0) is 33.6 Å². The zero-order chi connectivity index (χ0) is 15.4. The van der Waals surface area contributed by atoms with Gasteiger partial charge in [0.25, 0.3) is 5.56 Å². The summed E-state index contributed by atoms with van der Waals surface area (Å²) in [5.41, 5.74) is 0.994. The van der Waals surface area contributed by atoms with E-state index in [0.29, 0.717) is 16.7 Å². The van der Waals surface area contributed by atoms with Crippen molar-refractivity contribution < 1.29 is 13.5 Å². The lowest BCUT2D eigenvalue weighted by molar-refractivity contribution is -0.0498. The fourth-order valence-corrected chi connectivity index (χ4v) is 2.16. The van der Waals surface area contributed by atoms with Gasteiger partial charge < -0.3 is 10.1 Å². The van der Waals surface area contributed by atoms with Gasteiger partial charge in [0.2, 0.25) is 0 Å². The number of benzene rings is 1. The predicted octanol–water partition coefficient (Wildman–Crippen LogP) is 2.76. The van der Waals surface area contributed by atoms with Crippen molar-refractivity contribution in [2.75, 3.05) is 5.32 Å². The molecule has 0 saturated carbocycles. The molecule has 1 aromatic heterocycles. The van der Waals surface area contributed by atoms with Crippen LogP contribution in [0.3, 0.4) is 0 Å². The van der Waals surface area contributed by atoms with Gasteiger partial charge in [0.15, 0.2) is 0 Å². The van der Waals surface area contributed by atoms with Crippen molar-refractivity contribution in [3.8, 4) is 5.75 Å². The lowest BCUT2D eigenvalue weighted by Crippen LogP contribution is -2.21. The Labute approximate surface area is 127 Å². The number of nitrogens with zero attached hydrogens (tertiary/aromatic N) is 2. The first kappa shape index (κ1) is 15.4. The maximum absolute atomic E-state index is 12.1. The summed E-state index contributed by atoms with van der Waals surface area (Å²) in [7, 11) is 1.54. The third kappa shape index (κ3) is 4.01. The van der Waals surface area contributed by atoms with Crippen LogP contribution in [0.15, 0.2) is 39.7 Å². The molecule has 1 heterocycles. The van der Waals surface area contributed by atoms with Crippen LogP contribution in [-0.2, 0) is 13.6 Å². The molecule has 0 spiro atoms. The van der Waals surface area contributed by atoms with Crippen LogP contribution >= 0.6 is 15.9 Å². The van der Waals surface area contributed by atoms with Crippen molar-refractivity contribution in [3.05, 3.63) is 50.9 Å². The van der Waals surface area contributed by atoms with Crippen molar-refractivity contribution in [1.82, 2.24) is 9.78 Å². The Kier molecular flexibility index (Phi) is 4.89. The van der Waals surface area contributed by atoms with Crippen molar-refractivity contribution >= 4 is 21.6 Å². The molecule has 1 N–H and O–H groups in total. The van der Waals surface area contributed by atoms with Crippen LogP contribution in [0.1, 0.15) is 5.56 Å². The second kappa shape index (κ2) is 6.66. The normalized spacial score (nSPS) is 10.7. The van der Waals surface area contributed by atoms with Crippen LogP contribution in [0, 0.1) is 0 Å². The average molecular weight is 360 g/mol. The lowest BCUT2D eigenvalue weighted by atomic mass is 10.2. The Bertz CT molecular complexity index is 691. The van der Waals surface area contributed by atoms with E-state index in [2.05, 4.69) is 31.1 Å². The molecule has 0 saturated heterocycles. The molecule has 0 fully saturated rings. The summed E-state index contributed by atoms with van der Waals surface area (Å²) in [6.45, 7) is -2.52. The molecule has 0 radical (unpaired) electrons. The van der Waals surface area contributed by atoms with E-state index in [1.54, 1.807) is 19.2 Å². The first-order chi connectivity index (χ1) is 9.97. The van der Waals surface area contributed by atoms with E-state index < -0.39 is 6.61 Å². The number of nitrogens with one attached hydrogen (secondary N) is 1. The monoisotopic (exact) mass is 359 g/mol. The molecule has 112 valence electrons. The second-order valence-electron chi connectivity index (χ2n) is 4.18. The minimum atomic E-state index is -2.86. The number of alkyl halides is 2. The SMILES string of the molecule is Cn1ncc(NCc2cccc(OC(F)F)c2)c(Br)c1=O. The summed E-state index contributed by atoms with van der Waals surface area (Å²) in [4.78, 5) is 11.7. The Hall–Kier alpha value is -1.96. The van der Waals surface area contributed by atoms with Gasteiger partial charge >= 0.3 is 6.61 Å². The fourth-order valence-electron chi connectivity index (χ4n) is 1.66. The third-order valence-electron chi connectivity index (χ3n) is 2.68. The van der Waals surface area contributed by atoms with E-state index in [-0.39, 0.29) is 11.3 Å². The number of anilines is 1. The molecule has 0 atom stereocenters. The molecular weight excluding hydrogens is 348 g/mol. The van der Waals surface area contributed by atoms with Gasteiger partial charge in [-0.2, -0.15) is 13.9 Å². The highest BCUT2D eigenvalue weighted by molar-refractivity contribution is 9.10. The Morgan fingerprint density at radius 1 is 1.48 bits per heavy atom. The largest absolute Gasteiger partial charge is 0.435 e. The van der Waals surface area contributed by atoms with E-state index >= 15 is 0 Å². The van der Waals surface area contributed by atoms with Crippen LogP contribution in [0.4, 0.5) is 14.5 Å². The van der Waals surface area contributed by atoms with Crippen molar-refractivity contribution in [2.24, 2.45) is 7.05 Å². The first-order valence-corrected chi connectivity index (χ1v) is 6.76. The zero-order valence-electron chi connectivity index (χ0n) is 11.0. The van der Waals surface area contributed by atoms with E-state index in [0.717, 1.165) is 5.56 Å². The fraction of sp³-hybridized carbons (Fsp3) is 0.231. The summed E-state index contributed by atoms with van der Waals surface area (Å²) < 4.78 is 30.2. The van der Waals surface area contributed by atoms with Crippen LogP contribution in [0.25, 0.3) is 0 Å². The molecule has 2 rings (SSSR count). The molecule has 0 aliphatic carbocycles. The summed E-state index contributed by atoms with van der Waals surface area (Å²) in [6, 6.07) is 6.33. The molecule has 1 aromatic carbocycles. The van der Waals surface area contributed by atoms with E-state index in [1.165, 1.54) is 23.0 Å². The number of hydrogen-bond acceptors (Lipinski definition) is 4. The van der Waals surface area contributed by atoms with Gasteiger partial charge in [0, 0.05) is 13.6 Å². The van der Waals surface area contributed by atoms with E-state index in [9.17, 15) is 13.6 Å². The van der Waals surface area contributed by atoms with Gasteiger partial charge in [-0.15, -0.1) is 0 Å². The minimum Gasteiger partial charge on any atom is -0.435 e. The molecule has 0 amide bonds. The maximum Gasteiger partial charge on any atom is 0.387 e. The van der Waals surface area contributed by atoms with Gasteiger partial charge in [-0.1, -0.05) is 12.1 Å². The number of aromatic nitrogens is 2. The Morgan fingerprint density at radius 3 is 2.95 bits per heavy atom. The molecule has 0 aliphatic rings. The van der Waals surface area contributed by atoms with Crippen LogP contribution in [0.5, 0.6) is 5.75 Å². The molecule has 5 nitrogen and oxygen atoms in total. The van der Waals surface area contributed by atoms with Gasteiger partial charge in [-0.3, -0.25) is 4.79 Å². The summed E-state index contributed by atoms with van der Waals surface area (Å²) >= 11 is 3.19. The third-order valence-corrected chi connectivity index (χ3v) is 3.45. The number of ether oxygens (including phenoxy) is 1. The van der Waals surface area contributed by atoms with Gasteiger partial charge in [0.1, 0.15) is 10.2 Å². The standard InChI is InChI=1S/C13H12BrF2N3O2/c1-19-12(20)11(14)10(7-18-19)17-6-8-3-2-4-9(5-8)21-13(15)16/h2-5,7,13,17H,6H2,1H3. The molecule has 0 aliphatic heterocycles. The molecule has 2 aromatic rings. The van der Waals surface area contributed by atoms with Crippen LogP contribution in [0.2, 0.25) is 0 Å². The quantitative estimate of drug-likeness (QED) is 0.891. The summed E-state index contributed by atoms with van der Waals surface area (Å²) in [6.07, 6.45) is 1.50. The van der Waals surface area contributed by atoms with Gasteiger partial charge in [0.05, 0.1) is 11.9 Å². The van der Waals surface area contributed by atoms with E-state index in [1.807, 2.05) is 0 Å². The van der Waals surface area contributed by atoms with E-state index in [4.69, 9.17) is 0 Å². The number of rotatable bonds is 5. The number of hydrogen-bond donors (Lipinski definition) is 1. The summed E-state index contributed by atoms with van der Waals surface area (Å²) in [5.74, 6) is 0.0884. The minimum absolute atomic E-state index is 0.0884. The molecular formula is C13H12BrF2N3O2. The maximum atomic E-state index is 12.1. The van der Waals surface area contributed by atoms with Crippen molar-refractivity contribution in [3.63, 3.8) is 0 Å². The average Bonchev–Trinajstić information content (AvgIpc) is 2.44. The highest BCUT2D eigenvalue weighted by Gasteiger charge is 2.08. The summed E-state index contributed by atoms with van der Waals surface area (Å²) in [5, 5.41) is 6.91. The number of halogens is 3. The first-order valence-electron chi connectivity index (χ1n) is 5.97. The molecule has 0 unspecified atom stereocenters. The lowest BCUT2D eigenvalue weighted by Gasteiger charge is -2.10. The van der Waals surface area contributed by atoms with Crippen LogP contribution < -0.4 is 15.6 Å². The van der Waals surface area contributed by atoms with Crippen LogP contribution in [-0.4, -0.2) is 16.4 Å².